The molecule has 5 heteroatoms. The molecule has 94 valence electrons. The quantitative estimate of drug-likeness (QED) is 0.845. The number of nitrogens with zero attached hydrogens (tertiary/aromatic N) is 2. The smallest absolute Gasteiger partial charge is 0.140 e. The van der Waals surface area contributed by atoms with Crippen molar-refractivity contribution in [2.24, 2.45) is 0 Å². The Bertz CT molecular complexity index is 519. The van der Waals surface area contributed by atoms with Gasteiger partial charge >= 0.3 is 0 Å². The lowest BCUT2D eigenvalue weighted by Gasteiger charge is -2.04. The lowest BCUT2D eigenvalue weighted by Crippen LogP contribution is -2.02. The maximum atomic E-state index is 4.45. The van der Waals surface area contributed by atoms with Gasteiger partial charge in [-0.1, -0.05) is 22.0 Å². The van der Waals surface area contributed by atoms with E-state index in [1.54, 1.807) is 18.0 Å². The van der Waals surface area contributed by atoms with Crippen molar-refractivity contribution in [1.29, 1.82) is 0 Å². The lowest BCUT2D eigenvalue weighted by molar-refractivity contribution is 1.02. The average molecular weight is 324 g/mol. The van der Waals surface area contributed by atoms with E-state index in [4.69, 9.17) is 0 Å². The molecule has 1 aromatic carbocycles. The van der Waals surface area contributed by atoms with Crippen LogP contribution >= 0.6 is 27.7 Å². The molecule has 0 atom stereocenters. The van der Waals surface area contributed by atoms with E-state index in [-0.39, 0.29) is 0 Å². The van der Waals surface area contributed by atoms with Crippen molar-refractivity contribution in [1.82, 2.24) is 9.97 Å². The first-order chi connectivity index (χ1) is 8.78. The summed E-state index contributed by atoms with van der Waals surface area (Å²) in [4.78, 5) is 9.93. The van der Waals surface area contributed by atoms with Gasteiger partial charge < -0.3 is 5.32 Å². The summed E-state index contributed by atoms with van der Waals surface area (Å²) in [5, 5.41) is 3.19. The molecule has 0 unspecified atom stereocenters. The summed E-state index contributed by atoms with van der Waals surface area (Å²) in [6, 6.07) is 10.1. The third-order valence-corrected chi connectivity index (χ3v) is 3.71. The van der Waals surface area contributed by atoms with Crippen LogP contribution in [0, 0.1) is 0 Å². The van der Waals surface area contributed by atoms with E-state index in [1.807, 2.05) is 18.2 Å². The van der Waals surface area contributed by atoms with Gasteiger partial charge in [0.25, 0.3) is 0 Å². The minimum Gasteiger partial charge on any atom is -0.370 e. The van der Waals surface area contributed by atoms with E-state index in [0.717, 1.165) is 28.4 Å². The lowest BCUT2D eigenvalue weighted by atomic mass is 10.4. The third-order valence-electron chi connectivity index (χ3n) is 2.23. The maximum Gasteiger partial charge on any atom is 0.140 e. The van der Waals surface area contributed by atoms with Crippen LogP contribution in [0.5, 0.6) is 0 Å². The second-order valence-corrected chi connectivity index (χ2v) is 5.60. The largest absolute Gasteiger partial charge is 0.370 e. The maximum absolute atomic E-state index is 4.45. The van der Waals surface area contributed by atoms with Gasteiger partial charge in [-0.3, -0.25) is 0 Å². The molecule has 0 bridgehead atoms. The van der Waals surface area contributed by atoms with Crippen molar-refractivity contribution in [3.05, 3.63) is 46.8 Å². The van der Waals surface area contributed by atoms with Crippen molar-refractivity contribution in [3.63, 3.8) is 0 Å². The zero-order chi connectivity index (χ0) is 12.8. The van der Waals surface area contributed by atoms with Gasteiger partial charge in [0.05, 0.1) is 5.75 Å². The summed E-state index contributed by atoms with van der Waals surface area (Å²) >= 11 is 5.20. The number of anilines is 1. The number of aromatic nitrogens is 2. The molecule has 18 heavy (non-hydrogen) atoms. The van der Waals surface area contributed by atoms with Gasteiger partial charge in [0, 0.05) is 22.1 Å². The highest BCUT2D eigenvalue weighted by Crippen LogP contribution is 2.24. The Labute approximate surface area is 120 Å². The average Bonchev–Trinajstić information content (AvgIpc) is 2.37. The fraction of sp³-hybridized carbons (Fsp3) is 0.231. The van der Waals surface area contributed by atoms with Crippen LogP contribution in [0.1, 0.15) is 12.7 Å². The van der Waals surface area contributed by atoms with E-state index in [2.05, 4.69) is 50.3 Å². The Kier molecular flexibility index (Phi) is 5.01. The first-order valence-corrected chi connectivity index (χ1v) is 7.50. The van der Waals surface area contributed by atoms with Crippen LogP contribution in [0.25, 0.3) is 0 Å². The molecule has 0 amide bonds. The third kappa shape index (κ3) is 3.99. The summed E-state index contributed by atoms with van der Waals surface area (Å²) < 4.78 is 1.09. The zero-order valence-electron chi connectivity index (χ0n) is 10.1. The predicted octanol–water partition coefficient (Wildman–Crippen LogP) is 3.96. The summed E-state index contributed by atoms with van der Waals surface area (Å²) in [6.45, 7) is 2.92. The molecular formula is C13H14BrN3S. The highest BCUT2D eigenvalue weighted by atomic mass is 79.9. The Morgan fingerprint density at radius 3 is 3.00 bits per heavy atom. The molecule has 2 aromatic rings. The minimum atomic E-state index is 0.773. The molecule has 0 saturated carbocycles. The number of rotatable bonds is 5. The second-order valence-electron chi connectivity index (χ2n) is 3.63. The standard InChI is InChI=1S/C13H14BrN3S/c1-2-15-12-6-7-16-13(17-12)9-18-11-5-3-4-10(14)8-11/h3-8H,2,9H2,1H3,(H,15,16,17). The zero-order valence-corrected chi connectivity index (χ0v) is 12.5. The van der Waals surface area contributed by atoms with Crippen LogP contribution in [0.3, 0.4) is 0 Å². The predicted molar refractivity (Wildman–Crippen MR) is 79.9 cm³/mol. The summed E-state index contributed by atoms with van der Waals surface area (Å²) in [5.74, 6) is 2.51. The molecule has 0 aliphatic rings. The van der Waals surface area contributed by atoms with Crippen molar-refractivity contribution in [2.75, 3.05) is 11.9 Å². The van der Waals surface area contributed by atoms with Gasteiger partial charge in [-0.15, -0.1) is 11.8 Å². The Morgan fingerprint density at radius 1 is 1.33 bits per heavy atom. The number of thioether (sulfide) groups is 1. The molecule has 0 radical (unpaired) electrons. The molecule has 1 heterocycles. The molecular weight excluding hydrogens is 310 g/mol. The molecule has 0 aliphatic carbocycles. The van der Waals surface area contributed by atoms with Crippen LogP contribution in [-0.4, -0.2) is 16.5 Å². The van der Waals surface area contributed by atoms with Crippen molar-refractivity contribution in [3.8, 4) is 0 Å². The normalized spacial score (nSPS) is 10.3. The van der Waals surface area contributed by atoms with Crippen LogP contribution in [-0.2, 0) is 5.75 Å². The SMILES string of the molecule is CCNc1ccnc(CSc2cccc(Br)c2)n1. The molecule has 0 saturated heterocycles. The summed E-state index contributed by atoms with van der Waals surface area (Å²) in [5.41, 5.74) is 0. The monoisotopic (exact) mass is 323 g/mol. The number of benzene rings is 1. The van der Waals surface area contributed by atoms with E-state index in [9.17, 15) is 0 Å². The van der Waals surface area contributed by atoms with Gasteiger partial charge in [0.2, 0.25) is 0 Å². The van der Waals surface area contributed by atoms with Gasteiger partial charge in [-0.05, 0) is 31.2 Å². The van der Waals surface area contributed by atoms with Gasteiger partial charge in [0.1, 0.15) is 11.6 Å². The molecule has 1 N–H and O–H groups in total. The topological polar surface area (TPSA) is 37.8 Å². The van der Waals surface area contributed by atoms with Gasteiger partial charge in [-0.2, -0.15) is 0 Å². The molecule has 0 fully saturated rings. The van der Waals surface area contributed by atoms with E-state index >= 15 is 0 Å². The van der Waals surface area contributed by atoms with Crippen molar-refractivity contribution >= 4 is 33.5 Å². The highest BCUT2D eigenvalue weighted by molar-refractivity contribution is 9.10. The van der Waals surface area contributed by atoms with E-state index in [1.165, 1.54) is 4.90 Å². The Hall–Kier alpha value is -1.07. The minimum absolute atomic E-state index is 0.773. The Balaban J connectivity index is 1.99. The Morgan fingerprint density at radius 2 is 2.22 bits per heavy atom. The molecule has 0 spiro atoms. The van der Waals surface area contributed by atoms with Crippen LogP contribution in [0.4, 0.5) is 5.82 Å². The van der Waals surface area contributed by atoms with Crippen molar-refractivity contribution in [2.45, 2.75) is 17.6 Å². The fourth-order valence-corrected chi connectivity index (χ4v) is 2.82. The number of hydrogen-bond acceptors (Lipinski definition) is 4. The fourth-order valence-electron chi connectivity index (χ4n) is 1.45. The molecule has 1 aromatic heterocycles. The number of halogens is 1. The summed E-state index contributed by atoms with van der Waals surface area (Å²) in [7, 11) is 0. The molecule has 3 nitrogen and oxygen atoms in total. The van der Waals surface area contributed by atoms with Crippen LogP contribution in [0.2, 0.25) is 0 Å². The van der Waals surface area contributed by atoms with Crippen LogP contribution < -0.4 is 5.32 Å². The van der Waals surface area contributed by atoms with E-state index < -0.39 is 0 Å². The van der Waals surface area contributed by atoms with Gasteiger partial charge in [-0.25, -0.2) is 9.97 Å². The molecule has 2 rings (SSSR count). The highest BCUT2D eigenvalue weighted by Gasteiger charge is 2.01. The van der Waals surface area contributed by atoms with E-state index in [0.29, 0.717) is 0 Å². The summed E-state index contributed by atoms with van der Waals surface area (Å²) in [6.07, 6.45) is 1.79. The number of nitrogens with one attached hydrogen (secondary N) is 1. The number of hydrogen-bond donors (Lipinski definition) is 1. The molecule has 0 aliphatic heterocycles. The first kappa shape index (κ1) is 13.4. The van der Waals surface area contributed by atoms with Crippen molar-refractivity contribution < 1.29 is 0 Å². The van der Waals surface area contributed by atoms with Gasteiger partial charge in [0.15, 0.2) is 0 Å². The van der Waals surface area contributed by atoms with Crippen LogP contribution in [0.15, 0.2) is 45.9 Å². The second kappa shape index (κ2) is 6.75. The first-order valence-electron chi connectivity index (χ1n) is 5.72.